The smallest absolute Gasteiger partial charge is 0.226 e. The zero-order chi connectivity index (χ0) is 20.1. The summed E-state index contributed by atoms with van der Waals surface area (Å²) in [6.07, 6.45) is 11.5. The Morgan fingerprint density at radius 3 is 2.48 bits per heavy atom. The summed E-state index contributed by atoms with van der Waals surface area (Å²) in [7, 11) is 1.68. The Morgan fingerprint density at radius 2 is 1.79 bits per heavy atom. The zero-order valence-electron chi connectivity index (χ0n) is 17.2. The number of carbonyl (C=O) groups excluding carboxylic acids is 1. The molecule has 0 saturated carbocycles. The van der Waals surface area contributed by atoms with Crippen molar-refractivity contribution in [2.24, 2.45) is 5.92 Å². The molecule has 2 aromatic rings. The highest BCUT2D eigenvalue weighted by molar-refractivity contribution is 5.79. The van der Waals surface area contributed by atoms with Crippen molar-refractivity contribution in [1.29, 1.82) is 0 Å². The van der Waals surface area contributed by atoms with Crippen molar-refractivity contribution in [1.82, 2.24) is 14.9 Å². The van der Waals surface area contributed by atoms with Gasteiger partial charge in [0.15, 0.2) is 0 Å². The lowest BCUT2D eigenvalue weighted by atomic mass is 9.93. The lowest BCUT2D eigenvalue weighted by Crippen LogP contribution is -2.44. The van der Waals surface area contributed by atoms with Crippen molar-refractivity contribution < 1.29 is 9.53 Å². The van der Waals surface area contributed by atoms with Crippen molar-refractivity contribution in [2.45, 2.75) is 44.6 Å². The second-order valence-corrected chi connectivity index (χ2v) is 7.99. The summed E-state index contributed by atoms with van der Waals surface area (Å²) < 4.78 is 5.30. The van der Waals surface area contributed by atoms with E-state index in [0.717, 1.165) is 56.9 Å². The number of carbonyl (C=O) groups is 1. The van der Waals surface area contributed by atoms with E-state index in [0.29, 0.717) is 5.91 Å². The van der Waals surface area contributed by atoms with Gasteiger partial charge in [0.25, 0.3) is 0 Å². The predicted octanol–water partition coefficient (Wildman–Crippen LogP) is 3.85. The minimum absolute atomic E-state index is 0.0989. The van der Waals surface area contributed by atoms with Gasteiger partial charge in [0.1, 0.15) is 11.6 Å². The molecule has 29 heavy (non-hydrogen) atoms. The van der Waals surface area contributed by atoms with Crippen LogP contribution < -0.4 is 9.64 Å². The molecule has 1 atom stereocenters. The summed E-state index contributed by atoms with van der Waals surface area (Å²) in [5, 5.41) is 0. The first-order chi connectivity index (χ1) is 14.3. The van der Waals surface area contributed by atoms with E-state index in [1.807, 2.05) is 12.1 Å². The molecule has 2 aliphatic rings. The van der Waals surface area contributed by atoms with E-state index in [1.54, 1.807) is 25.7 Å². The summed E-state index contributed by atoms with van der Waals surface area (Å²) in [6.45, 7) is 2.58. The van der Waals surface area contributed by atoms with E-state index in [1.165, 1.54) is 18.4 Å². The molecule has 4 rings (SSSR count). The van der Waals surface area contributed by atoms with E-state index in [4.69, 9.17) is 4.74 Å². The number of hydrogen-bond acceptors (Lipinski definition) is 5. The van der Waals surface area contributed by atoms with Gasteiger partial charge in [-0.25, -0.2) is 4.98 Å². The minimum Gasteiger partial charge on any atom is -0.497 e. The summed E-state index contributed by atoms with van der Waals surface area (Å²) in [4.78, 5) is 26.5. The van der Waals surface area contributed by atoms with E-state index in [2.05, 4.69) is 31.9 Å². The maximum Gasteiger partial charge on any atom is 0.226 e. The molecule has 2 fully saturated rings. The average molecular weight is 395 g/mol. The van der Waals surface area contributed by atoms with Gasteiger partial charge < -0.3 is 14.5 Å². The van der Waals surface area contributed by atoms with Gasteiger partial charge in [-0.1, -0.05) is 25.0 Å². The zero-order valence-corrected chi connectivity index (χ0v) is 17.2. The van der Waals surface area contributed by atoms with Crippen LogP contribution in [0.25, 0.3) is 0 Å². The molecule has 1 aromatic heterocycles. The summed E-state index contributed by atoms with van der Waals surface area (Å²) >= 11 is 0. The molecule has 3 heterocycles. The van der Waals surface area contributed by atoms with E-state index >= 15 is 0 Å². The molecule has 6 nitrogen and oxygen atoms in total. The standard InChI is InChI=1S/C23H30N4O2/c1-29-20-8-6-18(7-9-20)21-5-3-2-4-14-27(21)23(28)19-10-15-26(16-11-19)22-17-24-12-13-25-22/h6-9,12-13,17,19,21H,2-5,10-11,14-16H2,1H3. The van der Waals surface area contributed by atoms with Crippen molar-refractivity contribution in [3.05, 3.63) is 48.4 Å². The molecule has 2 saturated heterocycles. The average Bonchev–Trinajstić information content (AvgIpc) is 3.05. The number of anilines is 1. The second kappa shape index (κ2) is 9.25. The molecule has 1 unspecified atom stereocenters. The van der Waals surface area contributed by atoms with E-state index in [9.17, 15) is 4.79 Å². The quantitative estimate of drug-likeness (QED) is 0.788. The summed E-state index contributed by atoms with van der Waals surface area (Å²) in [6, 6.07) is 8.41. The first-order valence-electron chi connectivity index (χ1n) is 10.7. The van der Waals surface area contributed by atoms with Crippen LogP contribution in [0.15, 0.2) is 42.9 Å². The highest BCUT2D eigenvalue weighted by Crippen LogP contribution is 2.34. The van der Waals surface area contributed by atoms with Gasteiger partial charge >= 0.3 is 0 Å². The molecule has 1 aromatic carbocycles. The van der Waals surface area contributed by atoms with Crippen molar-refractivity contribution >= 4 is 11.7 Å². The largest absolute Gasteiger partial charge is 0.497 e. The fraction of sp³-hybridized carbons (Fsp3) is 0.522. The van der Waals surface area contributed by atoms with Crippen LogP contribution in [0.3, 0.4) is 0 Å². The van der Waals surface area contributed by atoms with Crippen LogP contribution >= 0.6 is 0 Å². The minimum atomic E-state index is 0.0989. The second-order valence-electron chi connectivity index (χ2n) is 7.99. The van der Waals surface area contributed by atoms with Crippen LogP contribution in [-0.2, 0) is 4.79 Å². The van der Waals surface area contributed by atoms with Gasteiger partial charge in [-0.2, -0.15) is 0 Å². The lowest BCUT2D eigenvalue weighted by molar-refractivity contribution is -0.138. The number of likely N-dealkylation sites (tertiary alicyclic amines) is 1. The van der Waals surface area contributed by atoms with Crippen LogP contribution in [0.1, 0.15) is 50.1 Å². The van der Waals surface area contributed by atoms with Gasteiger partial charge in [0.2, 0.25) is 5.91 Å². The predicted molar refractivity (Wildman–Crippen MR) is 113 cm³/mol. The van der Waals surface area contributed by atoms with Crippen LogP contribution in [0.4, 0.5) is 5.82 Å². The number of nitrogens with zero attached hydrogens (tertiary/aromatic N) is 4. The SMILES string of the molecule is COc1ccc(C2CCCCCN2C(=O)C2CCN(c3cnccn3)CC2)cc1. The van der Waals surface area contributed by atoms with E-state index in [-0.39, 0.29) is 12.0 Å². The Balaban J connectivity index is 1.45. The number of hydrogen-bond donors (Lipinski definition) is 0. The number of piperidine rings is 1. The first-order valence-corrected chi connectivity index (χ1v) is 10.7. The molecule has 6 heteroatoms. The molecule has 0 radical (unpaired) electrons. The summed E-state index contributed by atoms with van der Waals surface area (Å²) in [5.41, 5.74) is 1.22. The third-order valence-electron chi connectivity index (χ3n) is 6.25. The van der Waals surface area contributed by atoms with Gasteiger partial charge in [-0.15, -0.1) is 0 Å². The molecule has 154 valence electrons. The van der Waals surface area contributed by atoms with Crippen molar-refractivity contribution in [2.75, 3.05) is 31.6 Å². The van der Waals surface area contributed by atoms with Gasteiger partial charge in [0, 0.05) is 37.9 Å². The molecular weight excluding hydrogens is 364 g/mol. The van der Waals surface area contributed by atoms with Gasteiger partial charge in [-0.05, 0) is 43.4 Å². The Bertz CT molecular complexity index is 788. The molecule has 1 amide bonds. The Hall–Kier alpha value is -2.63. The number of methoxy groups -OCH3 is 1. The molecule has 0 aliphatic carbocycles. The Kier molecular flexibility index (Phi) is 6.27. The van der Waals surface area contributed by atoms with Gasteiger partial charge in [-0.3, -0.25) is 9.78 Å². The maximum atomic E-state index is 13.5. The third kappa shape index (κ3) is 4.52. The lowest BCUT2D eigenvalue weighted by Gasteiger charge is -2.37. The highest BCUT2D eigenvalue weighted by Gasteiger charge is 2.33. The topological polar surface area (TPSA) is 58.6 Å². The maximum absolute atomic E-state index is 13.5. The summed E-state index contributed by atoms with van der Waals surface area (Å²) in [5.74, 6) is 2.19. The molecule has 0 bridgehead atoms. The Labute approximate surface area is 172 Å². The monoisotopic (exact) mass is 394 g/mol. The molecular formula is C23H30N4O2. The van der Waals surface area contributed by atoms with Crippen LogP contribution in [0, 0.1) is 5.92 Å². The number of ether oxygens (including phenoxy) is 1. The van der Waals surface area contributed by atoms with Crippen molar-refractivity contribution in [3.8, 4) is 5.75 Å². The third-order valence-corrected chi connectivity index (χ3v) is 6.25. The number of amides is 1. The number of benzene rings is 1. The van der Waals surface area contributed by atoms with Crippen LogP contribution in [0.5, 0.6) is 5.75 Å². The van der Waals surface area contributed by atoms with Gasteiger partial charge in [0.05, 0.1) is 19.3 Å². The molecule has 0 N–H and O–H groups in total. The number of aromatic nitrogens is 2. The number of rotatable bonds is 4. The fourth-order valence-corrected chi connectivity index (χ4v) is 4.59. The van der Waals surface area contributed by atoms with Crippen molar-refractivity contribution in [3.63, 3.8) is 0 Å². The van der Waals surface area contributed by atoms with Crippen LogP contribution in [-0.4, -0.2) is 47.5 Å². The molecule has 2 aliphatic heterocycles. The highest BCUT2D eigenvalue weighted by atomic mass is 16.5. The molecule has 0 spiro atoms. The first kappa shape index (κ1) is 19.7. The van der Waals surface area contributed by atoms with Crippen LogP contribution in [0.2, 0.25) is 0 Å². The fourth-order valence-electron chi connectivity index (χ4n) is 4.59. The Morgan fingerprint density at radius 1 is 1.00 bits per heavy atom. The normalized spacial score (nSPS) is 20.9. The van der Waals surface area contributed by atoms with E-state index < -0.39 is 0 Å².